The Morgan fingerprint density at radius 2 is 1.96 bits per heavy atom. The molecule has 25 heavy (non-hydrogen) atoms. The molecule has 8 heteroatoms. The van der Waals surface area contributed by atoms with Gasteiger partial charge in [-0.05, 0) is 41.0 Å². The quantitative estimate of drug-likeness (QED) is 0.696. The van der Waals surface area contributed by atoms with Gasteiger partial charge in [0.1, 0.15) is 11.6 Å². The topological polar surface area (TPSA) is 105 Å². The van der Waals surface area contributed by atoms with Crippen LogP contribution in [-0.4, -0.2) is 44.9 Å². The number of amides is 2. The zero-order valence-electron chi connectivity index (χ0n) is 15.9. The first-order valence-corrected chi connectivity index (χ1v) is 8.44. The number of aliphatic hydroxyl groups is 1. The molecule has 0 bridgehead atoms. The molecule has 1 aromatic heterocycles. The van der Waals surface area contributed by atoms with Crippen LogP contribution >= 0.6 is 0 Å². The van der Waals surface area contributed by atoms with Gasteiger partial charge in [0.25, 0.3) is 0 Å². The van der Waals surface area contributed by atoms with Crippen molar-refractivity contribution in [2.45, 2.75) is 71.6 Å². The number of carbonyl (C=O) groups excluding carboxylic acids is 2. The monoisotopic (exact) mass is 354 g/mol. The molecule has 0 aromatic carbocycles. The first-order valence-electron chi connectivity index (χ1n) is 8.44. The highest BCUT2D eigenvalue weighted by Crippen LogP contribution is 2.17. The number of nitrogens with zero attached hydrogens (tertiary/aromatic N) is 2. The standard InChI is InChI=1S/C17H30N4O4/c1-7-8-12(19-15(24)25-16(2,3)4)14(23)20-13-9-21(11-18-13)17(5,6)10-22/h9,11-12,22H,7-8,10H2,1-6H3,(H,19,24)(H,20,23). The molecule has 142 valence electrons. The van der Waals surface area contributed by atoms with E-state index in [1.807, 2.05) is 20.8 Å². The van der Waals surface area contributed by atoms with E-state index in [0.717, 1.165) is 6.42 Å². The number of carbonyl (C=O) groups is 2. The van der Waals surface area contributed by atoms with Crippen molar-refractivity contribution >= 4 is 17.8 Å². The zero-order chi connectivity index (χ0) is 19.3. The normalized spacial score (nSPS) is 13.2. The summed E-state index contributed by atoms with van der Waals surface area (Å²) in [5.74, 6) is -0.00150. The first-order chi connectivity index (χ1) is 11.5. The number of nitrogens with one attached hydrogen (secondary N) is 2. The number of hydrogen-bond donors (Lipinski definition) is 3. The molecule has 1 unspecified atom stereocenters. The highest BCUT2D eigenvalue weighted by Gasteiger charge is 2.25. The largest absolute Gasteiger partial charge is 0.444 e. The van der Waals surface area contributed by atoms with Crippen LogP contribution in [0.15, 0.2) is 12.5 Å². The molecule has 0 radical (unpaired) electrons. The minimum Gasteiger partial charge on any atom is -0.444 e. The average Bonchev–Trinajstić information content (AvgIpc) is 2.94. The van der Waals surface area contributed by atoms with E-state index in [0.29, 0.717) is 12.2 Å². The van der Waals surface area contributed by atoms with E-state index in [4.69, 9.17) is 4.74 Å². The molecule has 1 aromatic rings. The molecule has 3 N–H and O–H groups in total. The predicted molar refractivity (Wildman–Crippen MR) is 95.3 cm³/mol. The molecular formula is C17H30N4O4. The Balaban J connectivity index is 2.75. The fraction of sp³-hybridized carbons (Fsp3) is 0.706. The van der Waals surface area contributed by atoms with Crippen LogP contribution in [0.1, 0.15) is 54.4 Å². The number of hydrogen-bond acceptors (Lipinski definition) is 5. The van der Waals surface area contributed by atoms with Crippen molar-refractivity contribution in [3.05, 3.63) is 12.5 Å². The van der Waals surface area contributed by atoms with E-state index < -0.39 is 23.3 Å². The lowest BCUT2D eigenvalue weighted by molar-refractivity contribution is -0.118. The van der Waals surface area contributed by atoms with Crippen molar-refractivity contribution in [3.8, 4) is 0 Å². The van der Waals surface area contributed by atoms with E-state index in [2.05, 4.69) is 15.6 Å². The van der Waals surface area contributed by atoms with Gasteiger partial charge in [-0.1, -0.05) is 13.3 Å². The van der Waals surface area contributed by atoms with E-state index >= 15 is 0 Å². The van der Waals surface area contributed by atoms with Crippen molar-refractivity contribution in [1.29, 1.82) is 0 Å². The van der Waals surface area contributed by atoms with Gasteiger partial charge in [-0.2, -0.15) is 0 Å². The third-order valence-electron chi connectivity index (χ3n) is 3.50. The number of anilines is 1. The minimum absolute atomic E-state index is 0.0601. The van der Waals surface area contributed by atoms with Crippen LogP contribution in [0.4, 0.5) is 10.6 Å². The first kappa shape index (κ1) is 21.0. The second kappa shape index (κ2) is 8.33. The summed E-state index contributed by atoms with van der Waals surface area (Å²) in [6.07, 6.45) is 3.76. The van der Waals surface area contributed by atoms with Gasteiger partial charge in [0.2, 0.25) is 5.91 Å². The molecule has 1 heterocycles. The zero-order valence-corrected chi connectivity index (χ0v) is 15.9. The summed E-state index contributed by atoms with van der Waals surface area (Å²) in [7, 11) is 0. The molecule has 0 aliphatic carbocycles. The lowest BCUT2D eigenvalue weighted by Gasteiger charge is -2.23. The Kier molecular flexibility index (Phi) is 6.98. The Labute approximate surface area is 149 Å². The van der Waals surface area contributed by atoms with Crippen LogP contribution in [0.2, 0.25) is 0 Å². The molecule has 0 saturated heterocycles. The molecule has 0 saturated carbocycles. The molecule has 8 nitrogen and oxygen atoms in total. The lowest BCUT2D eigenvalue weighted by atomic mass is 10.1. The van der Waals surface area contributed by atoms with Gasteiger partial charge in [0, 0.05) is 6.20 Å². The van der Waals surface area contributed by atoms with Gasteiger partial charge in [-0.3, -0.25) is 4.79 Å². The smallest absolute Gasteiger partial charge is 0.408 e. The average molecular weight is 354 g/mol. The summed E-state index contributed by atoms with van der Waals surface area (Å²) in [5, 5.41) is 14.7. The minimum atomic E-state index is -0.712. The Hall–Kier alpha value is -2.09. The molecule has 0 spiro atoms. The highest BCUT2D eigenvalue weighted by molar-refractivity contribution is 5.95. The molecular weight excluding hydrogens is 324 g/mol. The number of imidazole rings is 1. The summed E-state index contributed by atoms with van der Waals surface area (Å²) in [5.41, 5.74) is -1.15. The molecule has 2 amide bonds. The van der Waals surface area contributed by atoms with Crippen LogP contribution in [-0.2, 0) is 15.1 Å². The molecule has 1 atom stereocenters. The van der Waals surface area contributed by atoms with Crippen LogP contribution < -0.4 is 10.6 Å². The van der Waals surface area contributed by atoms with Crippen molar-refractivity contribution in [1.82, 2.24) is 14.9 Å². The van der Waals surface area contributed by atoms with Crippen LogP contribution in [0, 0.1) is 0 Å². The van der Waals surface area contributed by atoms with Gasteiger partial charge in [0.05, 0.1) is 18.5 Å². The summed E-state index contributed by atoms with van der Waals surface area (Å²) < 4.78 is 6.92. The van der Waals surface area contributed by atoms with Crippen molar-refractivity contribution < 1.29 is 19.4 Å². The molecule has 1 rings (SSSR count). The van der Waals surface area contributed by atoms with Crippen molar-refractivity contribution in [2.75, 3.05) is 11.9 Å². The molecule has 0 fully saturated rings. The van der Waals surface area contributed by atoms with E-state index in [1.54, 1.807) is 37.9 Å². The van der Waals surface area contributed by atoms with Crippen molar-refractivity contribution in [3.63, 3.8) is 0 Å². The molecule has 0 aliphatic rings. The van der Waals surface area contributed by atoms with Crippen LogP contribution in [0.3, 0.4) is 0 Å². The maximum Gasteiger partial charge on any atom is 0.408 e. The third-order valence-corrected chi connectivity index (χ3v) is 3.50. The number of ether oxygens (including phenoxy) is 1. The fourth-order valence-corrected chi connectivity index (χ4v) is 2.02. The van der Waals surface area contributed by atoms with E-state index in [1.165, 1.54) is 0 Å². The van der Waals surface area contributed by atoms with Gasteiger partial charge < -0.3 is 25.0 Å². The van der Waals surface area contributed by atoms with Gasteiger partial charge in [-0.25, -0.2) is 9.78 Å². The summed E-state index contributed by atoms with van der Waals surface area (Å²) >= 11 is 0. The Morgan fingerprint density at radius 3 is 2.48 bits per heavy atom. The van der Waals surface area contributed by atoms with Gasteiger partial charge in [0.15, 0.2) is 5.82 Å². The molecule has 0 aliphatic heterocycles. The fourth-order valence-electron chi connectivity index (χ4n) is 2.02. The number of rotatable bonds is 7. The third kappa shape index (κ3) is 6.74. The second-order valence-corrected chi connectivity index (χ2v) is 7.61. The van der Waals surface area contributed by atoms with Crippen LogP contribution in [0.5, 0.6) is 0 Å². The summed E-state index contributed by atoms with van der Waals surface area (Å²) in [6, 6.07) is -0.712. The number of alkyl carbamates (subject to hydrolysis) is 1. The van der Waals surface area contributed by atoms with Gasteiger partial charge >= 0.3 is 6.09 Å². The number of aromatic nitrogens is 2. The summed E-state index contributed by atoms with van der Waals surface area (Å²) in [6.45, 7) is 10.9. The van der Waals surface area contributed by atoms with Crippen molar-refractivity contribution in [2.24, 2.45) is 0 Å². The van der Waals surface area contributed by atoms with Crippen LogP contribution in [0.25, 0.3) is 0 Å². The summed E-state index contributed by atoms with van der Waals surface area (Å²) in [4.78, 5) is 28.5. The van der Waals surface area contributed by atoms with Gasteiger partial charge in [-0.15, -0.1) is 0 Å². The lowest BCUT2D eigenvalue weighted by Crippen LogP contribution is -2.45. The Morgan fingerprint density at radius 1 is 1.32 bits per heavy atom. The maximum absolute atomic E-state index is 12.5. The second-order valence-electron chi connectivity index (χ2n) is 7.61. The Bertz CT molecular complexity index is 590. The SMILES string of the molecule is CCCC(NC(=O)OC(C)(C)C)C(=O)Nc1cn(C(C)(C)CO)cn1. The van der Waals surface area contributed by atoms with E-state index in [9.17, 15) is 14.7 Å². The number of aliphatic hydroxyl groups excluding tert-OH is 1. The highest BCUT2D eigenvalue weighted by atomic mass is 16.6. The maximum atomic E-state index is 12.5. The van der Waals surface area contributed by atoms with E-state index in [-0.39, 0.29) is 12.5 Å². The predicted octanol–water partition coefficient (Wildman–Crippen LogP) is 2.24.